The first-order valence-corrected chi connectivity index (χ1v) is 30.2. The largest absolute Gasteiger partial charge is 2.00 e. The number of methoxy groups -OCH3 is 4. The normalized spacial score (nSPS) is 12.3. The van der Waals surface area contributed by atoms with Gasteiger partial charge in [-0.25, -0.2) is 0 Å². The number of fused-ring (bicyclic) bond motifs is 4. The van der Waals surface area contributed by atoms with Gasteiger partial charge in [-0.15, -0.1) is 0 Å². The summed E-state index contributed by atoms with van der Waals surface area (Å²) in [4.78, 5) is 18.3. The van der Waals surface area contributed by atoms with Gasteiger partial charge in [-0.05, 0) is 164 Å². The molecule has 0 amide bonds. The maximum absolute atomic E-state index is 12.2. The Bertz CT molecular complexity index is 3940. The van der Waals surface area contributed by atoms with E-state index < -0.39 is 0 Å². The molecule has 0 heterocycles. The molecule has 12 nitrogen and oxygen atoms in total. The average Bonchev–Trinajstić information content (AvgIpc) is 1.04. The van der Waals surface area contributed by atoms with Gasteiger partial charge in [0.2, 0.25) is 0 Å². The van der Waals surface area contributed by atoms with E-state index in [0.717, 1.165) is 88.3 Å². The van der Waals surface area contributed by atoms with Gasteiger partial charge in [-0.1, -0.05) is 217 Å². The smallest absolute Gasteiger partial charge is 0.872 e. The van der Waals surface area contributed by atoms with Crippen LogP contribution in [-0.4, -0.2) is 53.3 Å². The molecule has 12 rings (SSSR count). The Hall–Kier alpha value is -9.99. The fourth-order valence-corrected chi connectivity index (χ4v) is 10.3. The van der Waals surface area contributed by atoms with Crippen LogP contribution in [0.2, 0.25) is 0 Å². The van der Waals surface area contributed by atoms with E-state index >= 15 is 0 Å². The number of rotatable bonds is 16. The Labute approximate surface area is 575 Å². The zero-order valence-electron chi connectivity index (χ0n) is 54.2. The van der Waals surface area contributed by atoms with Crippen molar-refractivity contribution in [2.75, 3.05) is 28.4 Å². The molecule has 0 spiro atoms. The molecule has 0 aliphatic carbocycles. The maximum Gasteiger partial charge on any atom is 2.00 e. The quantitative estimate of drug-likeness (QED) is 0.0677. The van der Waals surface area contributed by atoms with Crippen LogP contribution in [0.3, 0.4) is 0 Å². The van der Waals surface area contributed by atoms with Crippen LogP contribution >= 0.6 is 0 Å². The predicted octanol–water partition coefficient (Wildman–Crippen LogP) is 16.4. The molecule has 4 atom stereocenters. The third kappa shape index (κ3) is 18.6. The molecular weight excluding hydrogens is 1280 g/mol. The van der Waals surface area contributed by atoms with E-state index in [1.165, 1.54) is 0 Å². The van der Waals surface area contributed by atoms with Crippen molar-refractivity contribution in [3.05, 3.63) is 287 Å². The van der Waals surface area contributed by atoms with Crippen LogP contribution in [0.4, 0.5) is 0 Å². The first-order valence-electron chi connectivity index (χ1n) is 30.2. The van der Waals surface area contributed by atoms with Crippen molar-refractivity contribution in [1.29, 1.82) is 0 Å². The number of nitrogens with zero attached hydrogens (tertiary/aromatic N) is 4. The Balaban J connectivity index is 0.000000176. The van der Waals surface area contributed by atoms with Gasteiger partial charge in [0.15, 0.2) is 0 Å². The van der Waals surface area contributed by atoms with Gasteiger partial charge >= 0.3 is 39.0 Å². The van der Waals surface area contributed by atoms with Gasteiger partial charge in [0.25, 0.3) is 0 Å². The zero-order chi connectivity index (χ0) is 64.9. The van der Waals surface area contributed by atoms with E-state index in [0.29, 0.717) is 22.3 Å². The Morgan fingerprint density at radius 2 is 0.436 bits per heavy atom. The summed E-state index contributed by atoms with van der Waals surface area (Å²) >= 11 is 0. The van der Waals surface area contributed by atoms with E-state index in [9.17, 15) is 20.4 Å². The summed E-state index contributed by atoms with van der Waals surface area (Å²) in [5.41, 5.74) is 6.88. The van der Waals surface area contributed by atoms with Crippen molar-refractivity contribution in [2.24, 2.45) is 20.0 Å². The molecule has 0 unspecified atom stereocenters. The molecule has 0 bridgehead atoms. The SMILES string of the molecule is COc1ccc([C@@H](C)N=Cc2c([O-])ccc3ccccc23)cc1.COc1ccc([C@@H](C)N=Cc2c([O-])ccc3ccccc23)cc1.COc1ccc([C@@H](C)N=Cc2c([O-])ccc3ccccc23)cc1.COc1ccc([C@@H](C)N=Cc2c([O-])ccc3ccccc23)cc1.[Zn+2].[Zn+2]. The third-order valence-corrected chi connectivity index (χ3v) is 15.8. The Morgan fingerprint density at radius 1 is 0.255 bits per heavy atom. The molecule has 0 aromatic heterocycles. The summed E-state index contributed by atoms with van der Waals surface area (Å²) < 4.78 is 20.6. The zero-order valence-corrected chi connectivity index (χ0v) is 60.1. The van der Waals surface area contributed by atoms with Crippen molar-refractivity contribution in [2.45, 2.75) is 51.9 Å². The van der Waals surface area contributed by atoms with E-state index in [2.05, 4.69) is 20.0 Å². The first-order chi connectivity index (χ1) is 44.7. The second kappa shape index (κ2) is 35.2. The molecule has 0 fully saturated rings. The minimum atomic E-state index is -0.0284. The molecule has 0 aliphatic heterocycles. The van der Waals surface area contributed by atoms with Crippen LogP contribution in [0.1, 0.15) is 96.4 Å². The minimum absolute atomic E-state index is 0. The van der Waals surface area contributed by atoms with E-state index in [-0.39, 0.29) is 86.1 Å². The fourth-order valence-electron chi connectivity index (χ4n) is 10.3. The van der Waals surface area contributed by atoms with Crippen molar-refractivity contribution in [3.63, 3.8) is 0 Å². The van der Waals surface area contributed by atoms with Crippen LogP contribution in [0.5, 0.6) is 46.0 Å². The molecule has 464 valence electrons. The molecule has 0 saturated carbocycles. The van der Waals surface area contributed by atoms with Crippen LogP contribution in [0, 0.1) is 0 Å². The second-order valence-corrected chi connectivity index (χ2v) is 21.7. The van der Waals surface area contributed by atoms with Crippen molar-refractivity contribution in [3.8, 4) is 46.0 Å². The predicted molar refractivity (Wildman–Crippen MR) is 370 cm³/mol. The van der Waals surface area contributed by atoms with E-state index in [4.69, 9.17) is 18.9 Å². The molecule has 12 aromatic rings. The Kier molecular flexibility index (Phi) is 26.7. The molecular formula is C80H72N4O8Zn2. The number of benzene rings is 12. The molecule has 0 N–H and O–H groups in total. The molecule has 0 saturated heterocycles. The van der Waals surface area contributed by atoms with Gasteiger partial charge in [0.1, 0.15) is 23.0 Å². The van der Waals surface area contributed by atoms with Crippen LogP contribution in [-0.2, 0) is 39.0 Å². The summed E-state index contributed by atoms with van der Waals surface area (Å²) in [6.45, 7) is 8.03. The van der Waals surface area contributed by atoms with Gasteiger partial charge in [-0.2, -0.15) is 0 Å². The number of hydrogen-bond acceptors (Lipinski definition) is 12. The molecule has 12 aromatic carbocycles. The number of hydrogen-bond donors (Lipinski definition) is 0. The number of ether oxygens (including phenoxy) is 4. The van der Waals surface area contributed by atoms with Crippen molar-refractivity contribution >= 4 is 67.9 Å². The first kappa shape index (κ1) is 71.4. The molecule has 14 heteroatoms. The molecule has 94 heavy (non-hydrogen) atoms. The van der Waals surface area contributed by atoms with Crippen molar-refractivity contribution in [1.82, 2.24) is 0 Å². The number of aliphatic imine (C=N–C) groups is 4. The molecule has 0 radical (unpaired) electrons. The summed E-state index contributed by atoms with van der Waals surface area (Å²) in [7, 11) is 6.58. The minimum Gasteiger partial charge on any atom is -0.872 e. The van der Waals surface area contributed by atoms with Gasteiger partial charge in [0, 0.05) is 24.9 Å². The van der Waals surface area contributed by atoms with Crippen LogP contribution in [0.15, 0.2) is 263 Å². The van der Waals surface area contributed by atoms with Gasteiger partial charge < -0.3 is 39.4 Å². The van der Waals surface area contributed by atoms with Gasteiger partial charge in [0.05, 0.1) is 52.6 Å². The summed E-state index contributed by atoms with van der Waals surface area (Å²) in [6, 6.07) is 76.3. The monoisotopic (exact) mass is 1340 g/mol. The van der Waals surface area contributed by atoms with E-state index in [1.54, 1.807) is 77.6 Å². The summed E-state index contributed by atoms with van der Waals surface area (Å²) in [5.74, 6) is 3.26. The van der Waals surface area contributed by atoms with Crippen LogP contribution < -0.4 is 39.4 Å². The maximum atomic E-state index is 12.2. The summed E-state index contributed by atoms with van der Waals surface area (Å²) in [5, 5.41) is 56.6. The van der Waals surface area contributed by atoms with E-state index in [1.807, 2.05) is 246 Å². The average molecular weight is 1350 g/mol. The van der Waals surface area contributed by atoms with Crippen molar-refractivity contribution < 1.29 is 78.3 Å². The summed E-state index contributed by atoms with van der Waals surface area (Å²) in [6.07, 6.45) is 6.78. The second-order valence-electron chi connectivity index (χ2n) is 21.7. The van der Waals surface area contributed by atoms with Gasteiger partial charge in [-0.3, -0.25) is 20.0 Å². The molecule has 0 aliphatic rings. The Morgan fingerprint density at radius 3 is 0.617 bits per heavy atom. The standard InChI is InChI=1S/4C20H19NO2.2Zn/c4*1-14(15-7-10-17(23-2)11-8-15)21-13-19-18-6-4-3-5-16(18)9-12-20(19)22;;/h4*3-14,22H,1-2H3;;/q;;;;2*+2/p-4/t4*14-;;/m1111../s1. The topological polar surface area (TPSA) is 179 Å². The fraction of sp³-hybridized carbons (Fsp3) is 0.150. The third-order valence-electron chi connectivity index (χ3n) is 15.8. The van der Waals surface area contributed by atoms with Crippen LogP contribution in [0.25, 0.3) is 43.1 Å².